The topological polar surface area (TPSA) is 51.6 Å². The molecule has 0 bridgehead atoms. The molecule has 0 spiro atoms. The van der Waals surface area contributed by atoms with Crippen molar-refractivity contribution in [3.8, 4) is 0 Å². The van der Waals surface area contributed by atoms with Crippen LogP contribution in [0.3, 0.4) is 0 Å². The van der Waals surface area contributed by atoms with E-state index in [4.69, 9.17) is 34.8 Å². The van der Waals surface area contributed by atoms with Crippen LogP contribution in [-0.4, -0.2) is 19.9 Å². The van der Waals surface area contributed by atoms with Crippen LogP contribution >= 0.6 is 34.8 Å². The summed E-state index contributed by atoms with van der Waals surface area (Å²) in [5.74, 6) is 0. The lowest BCUT2D eigenvalue weighted by atomic mass is 10.4. The van der Waals surface area contributed by atoms with E-state index in [9.17, 15) is 13.2 Å². The second kappa shape index (κ2) is 4.08. The third-order valence-electron chi connectivity index (χ3n) is 1.69. The van der Waals surface area contributed by atoms with Gasteiger partial charge in [0.1, 0.15) is 5.52 Å². The van der Waals surface area contributed by atoms with Crippen molar-refractivity contribution in [2.75, 3.05) is 0 Å². The molecule has 90 valence electrons. The van der Waals surface area contributed by atoms with Gasteiger partial charge in [-0.25, -0.2) is 15.0 Å². The molecule has 2 aromatic rings. The minimum absolute atomic E-state index is 0.201. The summed E-state index contributed by atoms with van der Waals surface area (Å²) >= 11 is 16.4. The van der Waals surface area contributed by atoms with Gasteiger partial charge >= 0.3 is 6.18 Å². The molecule has 0 aliphatic carbocycles. The first-order valence-electron chi connectivity index (χ1n) is 3.92. The Labute approximate surface area is 107 Å². The van der Waals surface area contributed by atoms with Crippen molar-refractivity contribution in [2.24, 2.45) is 0 Å². The minimum atomic E-state index is -4.73. The van der Waals surface area contributed by atoms with Crippen molar-refractivity contribution in [2.45, 2.75) is 6.18 Å². The van der Waals surface area contributed by atoms with Crippen LogP contribution in [0.1, 0.15) is 5.69 Å². The van der Waals surface area contributed by atoms with Gasteiger partial charge in [-0.1, -0.05) is 23.2 Å². The van der Waals surface area contributed by atoms with E-state index in [0.29, 0.717) is 0 Å². The first kappa shape index (κ1) is 12.5. The van der Waals surface area contributed by atoms with Gasteiger partial charge in [0.2, 0.25) is 5.28 Å². The molecule has 0 fully saturated rings. The Hall–Kier alpha value is -0.920. The Kier molecular flexibility index (Phi) is 3.01. The van der Waals surface area contributed by atoms with Crippen molar-refractivity contribution in [3.05, 3.63) is 21.3 Å². The Morgan fingerprint density at radius 1 is 0.824 bits per heavy atom. The molecule has 10 heteroatoms. The van der Waals surface area contributed by atoms with Gasteiger partial charge in [0.05, 0.1) is 0 Å². The van der Waals surface area contributed by atoms with E-state index in [1.165, 1.54) is 0 Å². The lowest BCUT2D eigenvalue weighted by Crippen LogP contribution is -2.11. The quantitative estimate of drug-likeness (QED) is 0.553. The fraction of sp³-hybridized carbons (Fsp3) is 0.143. The molecule has 0 saturated carbocycles. The standard InChI is InChI=1S/C7Cl3F3N4/c8-3-1-5(17-6(10)16-3)15-4(9)2(14-1)7(11,12)13. The van der Waals surface area contributed by atoms with Gasteiger partial charge in [-0.15, -0.1) is 0 Å². The summed E-state index contributed by atoms with van der Waals surface area (Å²) in [7, 11) is 0. The summed E-state index contributed by atoms with van der Waals surface area (Å²) in [5.41, 5.74) is -1.86. The normalized spacial score (nSPS) is 12.1. The number of halogens is 6. The summed E-state index contributed by atoms with van der Waals surface area (Å²) in [6, 6.07) is 0. The van der Waals surface area contributed by atoms with Crippen LogP contribution in [0.4, 0.5) is 13.2 Å². The predicted octanol–water partition coefficient (Wildman–Crippen LogP) is 3.40. The zero-order valence-corrected chi connectivity index (χ0v) is 9.82. The molecular weight excluding hydrogens is 303 g/mol. The van der Waals surface area contributed by atoms with E-state index < -0.39 is 17.0 Å². The largest absolute Gasteiger partial charge is 0.436 e. The number of rotatable bonds is 0. The second-order valence-corrected chi connectivity index (χ2v) is 3.87. The fourth-order valence-electron chi connectivity index (χ4n) is 1.05. The van der Waals surface area contributed by atoms with Gasteiger partial charge in [0.15, 0.2) is 21.6 Å². The zero-order chi connectivity index (χ0) is 12.8. The Morgan fingerprint density at radius 3 is 2.06 bits per heavy atom. The number of hydrogen-bond donors (Lipinski definition) is 0. The van der Waals surface area contributed by atoms with Gasteiger partial charge in [0.25, 0.3) is 0 Å². The Bertz CT molecular complexity index is 601. The van der Waals surface area contributed by atoms with Crippen molar-refractivity contribution < 1.29 is 13.2 Å². The van der Waals surface area contributed by atoms with Crippen LogP contribution in [0.5, 0.6) is 0 Å². The molecule has 0 atom stereocenters. The molecule has 17 heavy (non-hydrogen) atoms. The molecule has 0 aromatic carbocycles. The van der Waals surface area contributed by atoms with Crippen molar-refractivity contribution in [3.63, 3.8) is 0 Å². The van der Waals surface area contributed by atoms with Gasteiger partial charge < -0.3 is 0 Å². The van der Waals surface area contributed by atoms with E-state index in [1.54, 1.807) is 0 Å². The summed E-state index contributed by atoms with van der Waals surface area (Å²) in [6.45, 7) is 0. The molecule has 0 aliphatic heterocycles. The second-order valence-electron chi connectivity index (χ2n) is 2.82. The number of fused-ring (bicyclic) bond motifs is 1. The maximum atomic E-state index is 12.5. The fourth-order valence-corrected chi connectivity index (χ4v) is 1.69. The average molecular weight is 303 g/mol. The number of hydrogen-bond acceptors (Lipinski definition) is 4. The first-order chi connectivity index (χ1) is 7.79. The maximum Gasteiger partial charge on any atom is 0.436 e. The number of aromatic nitrogens is 4. The average Bonchev–Trinajstić information content (AvgIpc) is 2.13. The van der Waals surface area contributed by atoms with E-state index in [0.717, 1.165) is 0 Å². The maximum absolute atomic E-state index is 12.5. The molecular formula is C7Cl3F3N4. The highest BCUT2D eigenvalue weighted by Crippen LogP contribution is 2.33. The Balaban J connectivity index is 2.81. The zero-order valence-electron chi connectivity index (χ0n) is 7.56. The lowest BCUT2D eigenvalue weighted by Gasteiger charge is -2.08. The van der Waals surface area contributed by atoms with Crippen molar-refractivity contribution in [1.82, 2.24) is 19.9 Å². The highest BCUT2D eigenvalue weighted by atomic mass is 35.5. The van der Waals surface area contributed by atoms with Crippen LogP contribution < -0.4 is 0 Å². The summed E-state index contributed by atoms with van der Waals surface area (Å²) < 4.78 is 37.5. The van der Waals surface area contributed by atoms with Crippen molar-refractivity contribution >= 4 is 46.0 Å². The molecule has 0 saturated heterocycles. The van der Waals surface area contributed by atoms with Crippen LogP contribution in [0, 0.1) is 0 Å². The van der Waals surface area contributed by atoms with Gasteiger partial charge in [-0.3, -0.25) is 0 Å². The summed E-state index contributed by atoms with van der Waals surface area (Å²) in [4.78, 5) is 13.7. The molecule has 2 rings (SSSR count). The van der Waals surface area contributed by atoms with Gasteiger partial charge in [-0.2, -0.15) is 18.2 Å². The lowest BCUT2D eigenvalue weighted by molar-refractivity contribution is -0.141. The van der Waals surface area contributed by atoms with Crippen LogP contribution in [0.15, 0.2) is 0 Å². The molecule has 2 heterocycles. The monoisotopic (exact) mass is 302 g/mol. The van der Waals surface area contributed by atoms with Crippen molar-refractivity contribution in [1.29, 1.82) is 0 Å². The summed E-state index contributed by atoms with van der Waals surface area (Å²) in [5, 5.41) is -1.40. The first-order valence-corrected chi connectivity index (χ1v) is 5.06. The van der Waals surface area contributed by atoms with Gasteiger partial charge in [-0.05, 0) is 11.6 Å². The van der Waals surface area contributed by atoms with E-state index in [-0.39, 0.29) is 21.6 Å². The van der Waals surface area contributed by atoms with E-state index in [1.807, 2.05) is 0 Å². The van der Waals surface area contributed by atoms with Crippen LogP contribution in [0.2, 0.25) is 15.6 Å². The Morgan fingerprint density at radius 2 is 1.47 bits per heavy atom. The van der Waals surface area contributed by atoms with E-state index in [2.05, 4.69) is 19.9 Å². The molecule has 0 N–H and O–H groups in total. The third-order valence-corrected chi connectivity index (χ3v) is 2.38. The molecule has 0 amide bonds. The molecule has 0 aliphatic rings. The predicted molar refractivity (Wildman–Crippen MR) is 55.2 cm³/mol. The molecule has 0 radical (unpaired) electrons. The SMILES string of the molecule is FC(F)(F)c1nc2c(Cl)nc(Cl)nc2nc1Cl. The minimum Gasteiger partial charge on any atom is -0.234 e. The van der Waals surface area contributed by atoms with E-state index >= 15 is 0 Å². The third kappa shape index (κ3) is 2.36. The highest BCUT2D eigenvalue weighted by Gasteiger charge is 2.37. The van der Waals surface area contributed by atoms with Crippen LogP contribution in [-0.2, 0) is 6.18 Å². The van der Waals surface area contributed by atoms with Crippen LogP contribution in [0.25, 0.3) is 11.2 Å². The number of nitrogens with zero attached hydrogens (tertiary/aromatic N) is 4. The smallest absolute Gasteiger partial charge is 0.234 e. The molecule has 4 nitrogen and oxygen atoms in total. The summed E-state index contributed by atoms with van der Waals surface area (Å²) in [6.07, 6.45) is -4.73. The molecule has 0 unspecified atom stereocenters. The van der Waals surface area contributed by atoms with Gasteiger partial charge in [0, 0.05) is 0 Å². The molecule has 2 aromatic heterocycles. The number of alkyl halides is 3. The highest BCUT2D eigenvalue weighted by molar-refractivity contribution is 6.35.